The van der Waals surface area contributed by atoms with Crippen molar-refractivity contribution >= 4 is 25.0 Å². The Kier molecular flexibility index (Phi) is 8.05. The number of amides is 1. The average Bonchev–Trinajstić information content (AvgIpc) is 3.52. The number of ether oxygens (including phenoxy) is 1. The van der Waals surface area contributed by atoms with Crippen molar-refractivity contribution in [3.63, 3.8) is 0 Å². The van der Waals surface area contributed by atoms with Crippen LogP contribution < -0.4 is 5.56 Å². The Hall–Kier alpha value is -2.85. The summed E-state index contributed by atoms with van der Waals surface area (Å²) in [5.74, 6) is 0.155. The molecule has 3 heterocycles. The molecule has 0 spiro atoms. The zero-order valence-corrected chi connectivity index (χ0v) is 24.0. The largest absolute Gasteiger partial charge is 0.432 e. The van der Waals surface area contributed by atoms with E-state index in [2.05, 4.69) is 12.0 Å². The second-order valence-electron chi connectivity index (χ2n) is 11.7. The third kappa shape index (κ3) is 5.72. The number of hydrogen-bond donors (Lipinski definition) is 2. The molecule has 0 saturated carbocycles. The SMILES string of the molecule is C[C@@H]1[C@@H]([Si](C)(C)O)[C@H](CC(=O)N2CCC[C@H]2CO)O[C@@H]1CCc1ccc(-n2ncc3ccccc3c2=O)cc1. The molecular formula is C30H39N3O5Si. The van der Waals surface area contributed by atoms with Gasteiger partial charge >= 0.3 is 0 Å². The fourth-order valence-electron chi connectivity index (χ4n) is 6.64. The minimum atomic E-state index is -2.59. The quantitative estimate of drug-likeness (QED) is 0.416. The van der Waals surface area contributed by atoms with Gasteiger partial charge in [0, 0.05) is 17.5 Å². The highest BCUT2D eigenvalue weighted by Gasteiger charge is 2.50. The summed E-state index contributed by atoms with van der Waals surface area (Å²) in [5, 5.41) is 15.5. The van der Waals surface area contributed by atoms with E-state index in [1.807, 2.05) is 61.6 Å². The van der Waals surface area contributed by atoms with E-state index in [0.29, 0.717) is 11.9 Å². The van der Waals surface area contributed by atoms with Crippen LogP contribution in [0.1, 0.15) is 38.2 Å². The molecule has 208 valence electrons. The summed E-state index contributed by atoms with van der Waals surface area (Å²) >= 11 is 0. The molecule has 2 N–H and O–H groups in total. The molecule has 0 aliphatic carbocycles. The molecule has 5 rings (SSSR count). The lowest BCUT2D eigenvalue weighted by Gasteiger charge is -2.31. The molecule has 0 bridgehead atoms. The maximum Gasteiger partial charge on any atom is 0.279 e. The zero-order valence-electron chi connectivity index (χ0n) is 23.0. The van der Waals surface area contributed by atoms with Gasteiger partial charge in [-0.3, -0.25) is 9.59 Å². The first-order valence-electron chi connectivity index (χ1n) is 14.0. The number of hydrogen-bond acceptors (Lipinski definition) is 6. The topological polar surface area (TPSA) is 105 Å². The number of fused-ring (bicyclic) bond motifs is 1. The Morgan fingerprint density at radius 1 is 1.13 bits per heavy atom. The number of nitrogens with zero attached hydrogens (tertiary/aromatic N) is 3. The van der Waals surface area contributed by atoms with Crippen LogP contribution in [0.25, 0.3) is 16.5 Å². The number of likely N-dealkylation sites (tertiary alicyclic amines) is 1. The standard InChI is InChI=1S/C30H39N3O5Si/c1-20-26(38-27(29(20)39(2,3)37)17-28(35)32-16-6-8-24(32)19-34)15-12-21-10-13-23(14-11-21)33-30(36)25-9-5-4-7-22(25)18-31-33/h4-5,7,9-11,13-14,18,20,24,26-27,29,34,37H,6,8,12,15-17,19H2,1-3H3/t20-,24-,26+,27-,29+/m0/s1. The molecule has 1 amide bonds. The molecule has 3 aromatic rings. The van der Waals surface area contributed by atoms with Gasteiger partial charge in [0.25, 0.3) is 5.56 Å². The number of aliphatic hydroxyl groups is 1. The van der Waals surface area contributed by atoms with Gasteiger partial charge in [-0.1, -0.05) is 37.3 Å². The van der Waals surface area contributed by atoms with E-state index in [9.17, 15) is 19.5 Å². The normalized spacial score (nSPS) is 25.5. The van der Waals surface area contributed by atoms with Crippen LogP contribution in [0.3, 0.4) is 0 Å². The summed E-state index contributed by atoms with van der Waals surface area (Å²) in [6.45, 7) is 6.68. The smallest absolute Gasteiger partial charge is 0.279 e. The van der Waals surface area contributed by atoms with E-state index in [4.69, 9.17) is 4.74 Å². The van der Waals surface area contributed by atoms with Crippen molar-refractivity contribution in [3.8, 4) is 5.69 Å². The molecule has 2 saturated heterocycles. The summed E-state index contributed by atoms with van der Waals surface area (Å²) in [6.07, 6.45) is 4.91. The lowest BCUT2D eigenvalue weighted by atomic mass is 9.95. The lowest BCUT2D eigenvalue weighted by molar-refractivity contribution is -0.135. The number of aromatic nitrogens is 2. The van der Waals surface area contributed by atoms with E-state index in [-0.39, 0.29) is 54.2 Å². The average molecular weight is 550 g/mol. The Bertz CT molecular complexity index is 1370. The maximum absolute atomic E-state index is 13.1. The van der Waals surface area contributed by atoms with Crippen molar-refractivity contribution in [1.29, 1.82) is 0 Å². The maximum atomic E-state index is 13.1. The van der Waals surface area contributed by atoms with E-state index in [1.165, 1.54) is 4.68 Å². The fraction of sp³-hybridized carbons (Fsp3) is 0.500. The molecule has 9 heteroatoms. The van der Waals surface area contributed by atoms with Gasteiger partial charge in [-0.2, -0.15) is 9.78 Å². The third-order valence-electron chi connectivity index (χ3n) is 8.60. The van der Waals surface area contributed by atoms with Crippen molar-refractivity contribution in [3.05, 3.63) is 70.6 Å². The molecule has 2 aliphatic rings. The molecule has 2 aliphatic heterocycles. The minimum absolute atomic E-state index is 0.00961. The van der Waals surface area contributed by atoms with Crippen LogP contribution in [0.2, 0.25) is 18.6 Å². The summed E-state index contributed by atoms with van der Waals surface area (Å²) in [7, 11) is -2.59. The number of carbonyl (C=O) groups excluding carboxylic acids is 1. The zero-order chi connectivity index (χ0) is 27.7. The van der Waals surface area contributed by atoms with Crippen LogP contribution in [0, 0.1) is 5.92 Å². The second-order valence-corrected chi connectivity index (χ2v) is 15.6. The van der Waals surface area contributed by atoms with Crippen molar-refractivity contribution in [1.82, 2.24) is 14.7 Å². The third-order valence-corrected chi connectivity index (χ3v) is 11.1. The van der Waals surface area contributed by atoms with Crippen LogP contribution in [0.15, 0.2) is 59.5 Å². The van der Waals surface area contributed by atoms with Gasteiger partial charge in [-0.05, 0) is 68.5 Å². The lowest BCUT2D eigenvalue weighted by Crippen LogP contribution is -2.43. The summed E-state index contributed by atoms with van der Waals surface area (Å²) in [5.41, 5.74) is 1.67. The van der Waals surface area contributed by atoms with Gasteiger partial charge in [-0.25, -0.2) is 0 Å². The molecule has 5 atom stereocenters. The molecule has 0 radical (unpaired) electrons. The number of benzene rings is 2. The van der Waals surface area contributed by atoms with Crippen molar-refractivity contribution in [2.75, 3.05) is 13.2 Å². The highest BCUT2D eigenvalue weighted by Crippen LogP contribution is 2.45. The van der Waals surface area contributed by atoms with E-state index in [0.717, 1.165) is 42.3 Å². The summed E-state index contributed by atoms with van der Waals surface area (Å²) < 4.78 is 7.92. The Morgan fingerprint density at radius 3 is 2.59 bits per heavy atom. The Labute approximate surface area is 230 Å². The second kappa shape index (κ2) is 11.3. The molecule has 2 fully saturated rings. The molecule has 0 unspecified atom stereocenters. The van der Waals surface area contributed by atoms with Gasteiger partial charge in [-0.15, -0.1) is 0 Å². The van der Waals surface area contributed by atoms with Crippen molar-refractivity contribution < 1.29 is 19.4 Å². The van der Waals surface area contributed by atoms with Gasteiger partial charge in [0.1, 0.15) is 0 Å². The number of rotatable bonds is 8. The van der Waals surface area contributed by atoms with Gasteiger partial charge in [0.2, 0.25) is 5.91 Å². The highest BCUT2D eigenvalue weighted by molar-refractivity contribution is 6.71. The van der Waals surface area contributed by atoms with Gasteiger partial charge in [0.15, 0.2) is 8.32 Å². The van der Waals surface area contributed by atoms with Crippen LogP contribution in [0.4, 0.5) is 0 Å². The molecule has 1 aromatic heterocycles. The predicted molar refractivity (Wildman–Crippen MR) is 153 cm³/mol. The fourth-order valence-corrected chi connectivity index (χ4v) is 9.25. The van der Waals surface area contributed by atoms with Crippen LogP contribution in [-0.2, 0) is 16.0 Å². The first kappa shape index (κ1) is 27.7. The molecule has 8 nitrogen and oxygen atoms in total. The Morgan fingerprint density at radius 2 is 1.87 bits per heavy atom. The van der Waals surface area contributed by atoms with Crippen molar-refractivity contribution in [2.24, 2.45) is 5.92 Å². The molecule has 2 aromatic carbocycles. The van der Waals surface area contributed by atoms with Gasteiger partial charge < -0.3 is 19.5 Å². The van der Waals surface area contributed by atoms with Crippen LogP contribution in [0.5, 0.6) is 0 Å². The first-order valence-corrected chi connectivity index (χ1v) is 17.0. The number of aliphatic hydroxyl groups excluding tert-OH is 1. The number of carbonyl (C=O) groups is 1. The van der Waals surface area contributed by atoms with Gasteiger partial charge in [0.05, 0.1) is 48.5 Å². The monoisotopic (exact) mass is 549 g/mol. The highest BCUT2D eigenvalue weighted by atomic mass is 28.4. The van der Waals surface area contributed by atoms with E-state index < -0.39 is 8.32 Å². The summed E-state index contributed by atoms with van der Waals surface area (Å²) in [4.78, 5) is 39.0. The first-order chi connectivity index (χ1) is 18.7. The Balaban J connectivity index is 1.25. The van der Waals surface area contributed by atoms with Crippen molar-refractivity contribution in [2.45, 2.75) is 75.9 Å². The number of aryl methyl sites for hydroxylation is 1. The molecule has 39 heavy (non-hydrogen) atoms. The summed E-state index contributed by atoms with van der Waals surface area (Å²) in [6, 6.07) is 15.2. The molecular weight excluding hydrogens is 510 g/mol. The predicted octanol–water partition coefficient (Wildman–Crippen LogP) is 3.66. The minimum Gasteiger partial charge on any atom is -0.432 e. The van der Waals surface area contributed by atoms with E-state index >= 15 is 0 Å². The van der Waals surface area contributed by atoms with E-state index in [1.54, 1.807) is 11.1 Å². The van der Waals surface area contributed by atoms with Crippen LogP contribution in [-0.4, -0.2) is 70.2 Å². The van der Waals surface area contributed by atoms with Crippen LogP contribution >= 0.6 is 0 Å².